The van der Waals surface area contributed by atoms with E-state index in [1.807, 2.05) is 20.8 Å². The van der Waals surface area contributed by atoms with Gasteiger partial charge in [-0.25, -0.2) is 0 Å². The van der Waals surface area contributed by atoms with Crippen molar-refractivity contribution >= 4 is 0 Å². The van der Waals surface area contributed by atoms with Crippen molar-refractivity contribution in [3.63, 3.8) is 0 Å². The van der Waals surface area contributed by atoms with Gasteiger partial charge in [0, 0.05) is 13.2 Å². The summed E-state index contributed by atoms with van der Waals surface area (Å²) in [5.41, 5.74) is 6.87. The number of methoxy groups -OCH3 is 1. The molecule has 0 bridgehead atoms. The number of alkyl halides is 3. The van der Waals surface area contributed by atoms with Gasteiger partial charge in [0.1, 0.15) is 5.75 Å². The number of hydrogen-bond donors (Lipinski definition) is 1. The molecule has 0 aliphatic rings. The molecule has 1 aromatic rings. The lowest BCUT2D eigenvalue weighted by molar-refractivity contribution is -0.274. The first-order valence-corrected chi connectivity index (χ1v) is 6.66. The van der Waals surface area contributed by atoms with Gasteiger partial charge in [0.25, 0.3) is 0 Å². The minimum atomic E-state index is -4.68. The largest absolute Gasteiger partial charge is 0.573 e. The number of benzene rings is 1. The summed E-state index contributed by atoms with van der Waals surface area (Å²) < 4.78 is 45.5. The molecule has 0 aliphatic heterocycles. The second kappa shape index (κ2) is 6.66. The van der Waals surface area contributed by atoms with Gasteiger partial charge in [0.15, 0.2) is 0 Å². The maximum absolute atomic E-state index is 12.1. The molecule has 0 spiro atoms. The predicted octanol–water partition coefficient (Wildman–Crippen LogP) is 3.52. The highest BCUT2D eigenvalue weighted by Crippen LogP contribution is 2.26. The van der Waals surface area contributed by atoms with Crippen LogP contribution >= 0.6 is 0 Å². The molecule has 0 fully saturated rings. The van der Waals surface area contributed by atoms with Gasteiger partial charge in [0.05, 0.1) is 6.10 Å². The summed E-state index contributed by atoms with van der Waals surface area (Å²) in [5, 5.41) is 0. The van der Waals surface area contributed by atoms with Crippen LogP contribution in [0.2, 0.25) is 0 Å². The van der Waals surface area contributed by atoms with Gasteiger partial charge < -0.3 is 15.2 Å². The average molecular weight is 305 g/mol. The van der Waals surface area contributed by atoms with Crippen LogP contribution in [0.4, 0.5) is 13.2 Å². The van der Waals surface area contributed by atoms with Crippen LogP contribution in [0.3, 0.4) is 0 Å². The van der Waals surface area contributed by atoms with Crippen molar-refractivity contribution in [3.05, 3.63) is 29.8 Å². The molecule has 0 aliphatic carbocycles. The molecule has 0 aromatic heterocycles. The van der Waals surface area contributed by atoms with Crippen LogP contribution in [0.1, 0.15) is 26.3 Å². The van der Waals surface area contributed by atoms with Gasteiger partial charge >= 0.3 is 6.36 Å². The number of halogens is 3. The zero-order valence-corrected chi connectivity index (χ0v) is 12.7. The van der Waals surface area contributed by atoms with E-state index in [2.05, 4.69) is 4.74 Å². The zero-order chi connectivity index (χ0) is 16.3. The van der Waals surface area contributed by atoms with E-state index in [0.717, 1.165) is 5.56 Å². The molecule has 21 heavy (non-hydrogen) atoms. The summed E-state index contributed by atoms with van der Waals surface area (Å²) in [5.74, 6) is -0.237. The van der Waals surface area contributed by atoms with Gasteiger partial charge in [-0.1, -0.05) is 32.9 Å². The van der Waals surface area contributed by atoms with Crippen molar-refractivity contribution in [2.24, 2.45) is 11.1 Å². The Morgan fingerprint density at radius 1 is 1.10 bits per heavy atom. The quantitative estimate of drug-likeness (QED) is 0.905. The summed E-state index contributed by atoms with van der Waals surface area (Å²) >= 11 is 0. The second-order valence-corrected chi connectivity index (χ2v) is 6.08. The summed E-state index contributed by atoms with van der Waals surface area (Å²) in [7, 11) is 1.61. The molecule has 1 rings (SSSR count). The molecule has 1 aromatic carbocycles. The molecule has 0 saturated heterocycles. The Morgan fingerprint density at radius 2 is 1.62 bits per heavy atom. The molecule has 2 unspecified atom stereocenters. The molecule has 0 heterocycles. The van der Waals surface area contributed by atoms with Crippen LogP contribution in [-0.4, -0.2) is 25.6 Å². The highest BCUT2D eigenvalue weighted by Gasteiger charge is 2.31. The van der Waals surface area contributed by atoms with Crippen LogP contribution in [0.5, 0.6) is 5.75 Å². The fourth-order valence-electron chi connectivity index (χ4n) is 2.38. The van der Waals surface area contributed by atoms with E-state index in [0.29, 0.717) is 6.42 Å². The molecule has 2 N–H and O–H groups in total. The summed E-state index contributed by atoms with van der Waals surface area (Å²) in [6, 6.07) is 5.49. The van der Waals surface area contributed by atoms with Crippen molar-refractivity contribution in [1.82, 2.24) is 0 Å². The molecule has 0 saturated carbocycles. The Labute approximate surface area is 123 Å². The normalized spacial score (nSPS) is 15.6. The van der Waals surface area contributed by atoms with Gasteiger partial charge in [-0.2, -0.15) is 0 Å². The maximum Gasteiger partial charge on any atom is 0.573 e. The topological polar surface area (TPSA) is 44.5 Å². The lowest BCUT2D eigenvalue weighted by Crippen LogP contribution is -2.46. The molecule has 3 nitrogen and oxygen atoms in total. The molecule has 6 heteroatoms. The van der Waals surface area contributed by atoms with E-state index in [-0.39, 0.29) is 23.3 Å². The second-order valence-electron chi connectivity index (χ2n) is 6.08. The zero-order valence-electron chi connectivity index (χ0n) is 12.7. The Kier molecular flexibility index (Phi) is 5.64. The third kappa shape index (κ3) is 5.93. The standard InChI is InChI=1S/C15H22F3NO2/c1-14(2,3)13(20-4)12(19)9-10-5-7-11(8-6-10)21-15(16,17)18/h5-8,12-13H,9,19H2,1-4H3. The molecule has 120 valence electrons. The summed E-state index contributed by atoms with van der Waals surface area (Å²) in [6.07, 6.45) is -4.31. The first kappa shape index (κ1) is 17.8. The fourth-order valence-corrected chi connectivity index (χ4v) is 2.38. The van der Waals surface area contributed by atoms with E-state index >= 15 is 0 Å². The van der Waals surface area contributed by atoms with E-state index < -0.39 is 6.36 Å². The highest BCUT2D eigenvalue weighted by molar-refractivity contribution is 5.28. The van der Waals surface area contributed by atoms with E-state index in [1.165, 1.54) is 12.1 Å². The molecular formula is C15H22F3NO2. The highest BCUT2D eigenvalue weighted by atomic mass is 19.4. The van der Waals surface area contributed by atoms with Crippen molar-refractivity contribution in [3.8, 4) is 5.75 Å². The van der Waals surface area contributed by atoms with Gasteiger partial charge in [-0.3, -0.25) is 0 Å². The predicted molar refractivity (Wildman–Crippen MR) is 75.1 cm³/mol. The number of nitrogens with two attached hydrogens (primary N) is 1. The van der Waals surface area contributed by atoms with Crippen molar-refractivity contribution in [2.75, 3.05) is 7.11 Å². The average Bonchev–Trinajstić information content (AvgIpc) is 2.28. The SMILES string of the molecule is COC(C(N)Cc1ccc(OC(F)(F)F)cc1)C(C)(C)C. The smallest absolute Gasteiger partial charge is 0.406 e. The Morgan fingerprint density at radius 3 is 2.00 bits per heavy atom. The van der Waals surface area contributed by atoms with Crippen LogP contribution in [0, 0.1) is 5.41 Å². The number of ether oxygens (including phenoxy) is 2. The molecule has 0 radical (unpaired) electrons. The Balaban J connectivity index is 2.71. The van der Waals surface area contributed by atoms with Gasteiger partial charge in [-0.15, -0.1) is 13.2 Å². The van der Waals surface area contributed by atoms with Crippen LogP contribution in [0.15, 0.2) is 24.3 Å². The molecule has 2 atom stereocenters. The minimum Gasteiger partial charge on any atom is -0.406 e. The third-order valence-electron chi connectivity index (χ3n) is 3.12. The van der Waals surface area contributed by atoms with Crippen molar-refractivity contribution in [1.29, 1.82) is 0 Å². The first-order valence-electron chi connectivity index (χ1n) is 6.66. The lowest BCUT2D eigenvalue weighted by Gasteiger charge is -2.34. The van der Waals surface area contributed by atoms with E-state index in [9.17, 15) is 13.2 Å². The van der Waals surface area contributed by atoms with Gasteiger partial charge in [-0.05, 0) is 29.5 Å². The number of rotatable bonds is 5. The minimum absolute atomic E-state index is 0.118. The molecular weight excluding hydrogens is 283 g/mol. The monoisotopic (exact) mass is 305 g/mol. The third-order valence-corrected chi connectivity index (χ3v) is 3.12. The van der Waals surface area contributed by atoms with Crippen LogP contribution in [0.25, 0.3) is 0 Å². The van der Waals surface area contributed by atoms with E-state index in [4.69, 9.17) is 10.5 Å². The van der Waals surface area contributed by atoms with Crippen molar-refractivity contribution < 1.29 is 22.6 Å². The Bertz CT molecular complexity index is 438. The van der Waals surface area contributed by atoms with Crippen LogP contribution < -0.4 is 10.5 Å². The van der Waals surface area contributed by atoms with Gasteiger partial charge in [0.2, 0.25) is 0 Å². The Hall–Kier alpha value is -1.27. The van der Waals surface area contributed by atoms with Crippen LogP contribution in [-0.2, 0) is 11.2 Å². The summed E-state index contributed by atoms with van der Waals surface area (Å²) in [4.78, 5) is 0. The van der Waals surface area contributed by atoms with Crippen molar-refractivity contribution in [2.45, 2.75) is 45.7 Å². The molecule has 0 amide bonds. The maximum atomic E-state index is 12.1. The first-order chi connectivity index (χ1) is 9.53. The van der Waals surface area contributed by atoms with E-state index in [1.54, 1.807) is 19.2 Å². The fraction of sp³-hybridized carbons (Fsp3) is 0.600. The lowest BCUT2D eigenvalue weighted by atomic mass is 9.83. The summed E-state index contributed by atoms with van der Waals surface area (Å²) in [6.45, 7) is 6.09. The number of hydrogen-bond acceptors (Lipinski definition) is 3.